The minimum absolute atomic E-state index is 0. The van der Waals surface area contributed by atoms with Crippen molar-refractivity contribution in [3.63, 3.8) is 0 Å². The van der Waals surface area contributed by atoms with Gasteiger partial charge in [-0.2, -0.15) is 0 Å². The summed E-state index contributed by atoms with van der Waals surface area (Å²) in [6.45, 7) is 0. The van der Waals surface area contributed by atoms with Crippen LogP contribution in [-0.2, 0) is 21.2 Å². The first-order valence-corrected chi connectivity index (χ1v) is 9.86. The fourth-order valence-electron chi connectivity index (χ4n) is 2.66. The zero-order valence-corrected chi connectivity index (χ0v) is 16.7. The molecular weight excluding hydrogens is 418 g/mol. The number of hydrogen-bond donors (Lipinski definition) is 2. The van der Waals surface area contributed by atoms with Crippen molar-refractivity contribution in [3.8, 4) is 0 Å². The van der Waals surface area contributed by atoms with Crippen LogP contribution in [0, 0.1) is 10.1 Å². The van der Waals surface area contributed by atoms with Gasteiger partial charge in [0.05, 0.1) is 9.82 Å². The highest BCUT2D eigenvalue weighted by Crippen LogP contribution is 2.18. The third-order valence-electron chi connectivity index (χ3n) is 4.12. The lowest BCUT2D eigenvalue weighted by Gasteiger charge is -2.09. The van der Waals surface area contributed by atoms with Gasteiger partial charge >= 0.3 is 0 Å². The summed E-state index contributed by atoms with van der Waals surface area (Å²) in [5.74, 6) is -0.545. The third kappa shape index (κ3) is 5.74. The second-order valence-corrected chi connectivity index (χ2v) is 7.77. The molecule has 2 N–H and O–H groups in total. The van der Waals surface area contributed by atoms with Crippen LogP contribution in [0.2, 0.25) is 0 Å². The minimum Gasteiger partial charge on any atom is -0.278 e. The molecule has 0 aliphatic heterocycles. The molecule has 8 nitrogen and oxygen atoms in total. The van der Waals surface area contributed by atoms with Crippen molar-refractivity contribution in [2.45, 2.75) is 17.7 Å². The number of amides is 1. The van der Waals surface area contributed by atoms with Crippen molar-refractivity contribution in [2.24, 2.45) is 0 Å². The first-order valence-electron chi connectivity index (χ1n) is 8.38. The number of carbonyl (C=O) groups excluding carboxylic acids is 1. The number of nitro benzene ring substituents is 1. The molecule has 29 heavy (non-hydrogen) atoms. The van der Waals surface area contributed by atoms with E-state index in [0.29, 0.717) is 5.56 Å². The molecule has 0 aromatic heterocycles. The molecule has 0 aliphatic rings. The zero-order chi connectivity index (χ0) is 20.1. The number of benzene rings is 3. The number of non-ortho nitro benzene ring substituents is 1. The summed E-state index contributed by atoms with van der Waals surface area (Å²) in [5.41, 5.74) is 2.72. The largest absolute Gasteiger partial charge is 0.278 e. The summed E-state index contributed by atoms with van der Waals surface area (Å²) in [6, 6.07) is 17.9. The van der Waals surface area contributed by atoms with Gasteiger partial charge in [-0.1, -0.05) is 42.5 Å². The van der Waals surface area contributed by atoms with Gasteiger partial charge in [-0.15, -0.1) is 17.2 Å². The van der Waals surface area contributed by atoms with E-state index in [1.165, 1.54) is 30.3 Å². The topological polar surface area (TPSA) is 118 Å². The fraction of sp³-hybridized carbons (Fsp3) is 0.105. The maximum Gasteiger partial charge on any atom is 0.269 e. The van der Waals surface area contributed by atoms with Gasteiger partial charge in [0.15, 0.2) is 0 Å². The smallest absolute Gasteiger partial charge is 0.269 e. The van der Waals surface area contributed by atoms with E-state index in [1.807, 2.05) is 18.2 Å². The summed E-state index contributed by atoms with van der Waals surface area (Å²) in [4.78, 5) is 24.3. The number of fused-ring (bicyclic) bond motifs is 1. The lowest BCUT2D eigenvalue weighted by molar-refractivity contribution is -0.384. The molecule has 3 aromatic rings. The average Bonchev–Trinajstić information content (AvgIpc) is 2.70. The van der Waals surface area contributed by atoms with E-state index >= 15 is 0 Å². The summed E-state index contributed by atoms with van der Waals surface area (Å²) in [6.07, 6.45) is 0.215. The number of halogens is 1. The number of rotatable bonds is 7. The number of carbonyl (C=O) groups is 1. The molecule has 10 heteroatoms. The van der Waals surface area contributed by atoms with Gasteiger partial charge in [0.1, 0.15) is 0 Å². The number of sulfonamides is 1. The average molecular weight is 436 g/mol. The molecule has 0 bridgehead atoms. The monoisotopic (exact) mass is 435 g/mol. The number of nitrogens with one attached hydrogen (secondary N) is 2. The van der Waals surface area contributed by atoms with Crippen LogP contribution in [0.25, 0.3) is 10.8 Å². The highest BCUT2D eigenvalue weighted by molar-refractivity contribution is 7.89. The molecule has 0 saturated heterocycles. The Labute approximate surface area is 173 Å². The highest BCUT2D eigenvalue weighted by Gasteiger charge is 2.16. The van der Waals surface area contributed by atoms with Gasteiger partial charge in [-0.05, 0) is 34.9 Å². The third-order valence-corrected chi connectivity index (χ3v) is 5.36. The lowest BCUT2D eigenvalue weighted by Crippen LogP contribution is -2.41. The van der Waals surface area contributed by atoms with Crippen LogP contribution >= 0.6 is 12.4 Å². The number of aryl methyl sites for hydroxylation is 1. The number of nitro groups is 1. The van der Waals surface area contributed by atoms with Crippen molar-refractivity contribution in [1.82, 2.24) is 10.3 Å². The van der Waals surface area contributed by atoms with Crippen LogP contribution in [0.3, 0.4) is 0 Å². The fourth-order valence-corrected chi connectivity index (χ4v) is 3.56. The van der Waals surface area contributed by atoms with Gasteiger partial charge < -0.3 is 0 Å². The van der Waals surface area contributed by atoms with Gasteiger partial charge in [-0.25, -0.2) is 8.42 Å². The Bertz CT molecular complexity index is 1150. The normalized spacial score (nSPS) is 10.9. The predicted molar refractivity (Wildman–Crippen MR) is 111 cm³/mol. The van der Waals surface area contributed by atoms with Crippen LogP contribution in [0.5, 0.6) is 0 Å². The Balaban J connectivity index is 0.00000300. The summed E-state index contributed by atoms with van der Waals surface area (Å²) >= 11 is 0. The Hall–Kier alpha value is -3.01. The van der Waals surface area contributed by atoms with Gasteiger partial charge in [-0.3, -0.25) is 20.3 Å². The SMILES string of the molecule is Cl.O=C(CCc1cccc([N+](=O)[O-])c1)NNS(=O)(=O)c1ccc2ccccc2c1. The minimum atomic E-state index is -3.92. The molecule has 0 atom stereocenters. The molecule has 0 saturated carbocycles. The molecule has 0 unspecified atom stereocenters. The Kier molecular flexibility index (Phi) is 7.27. The van der Waals surface area contributed by atoms with E-state index in [2.05, 4.69) is 10.3 Å². The first kappa shape index (κ1) is 22.3. The molecule has 152 valence electrons. The van der Waals surface area contributed by atoms with Crippen molar-refractivity contribution in [2.75, 3.05) is 0 Å². The quantitative estimate of drug-likeness (QED) is 0.436. The molecule has 0 radical (unpaired) electrons. The molecule has 1 amide bonds. The van der Waals surface area contributed by atoms with Gasteiger partial charge in [0.2, 0.25) is 5.91 Å². The van der Waals surface area contributed by atoms with Crippen molar-refractivity contribution >= 4 is 44.8 Å². The van der Waals surface area contributed by atoms with Crippen molar-refractivity contribution in [3.05, 3.63) is 82.4 Å². The second-order valence-electron chi connectivity index (χ2n) is 6.09. The van der Waals surface area contributed by atoms with Crippen LogP contribution in [0.15, 0.2) is 71.6 Å². The highest BCUT2D eigenvalue weighted by atomic mass is 35.5. The molecule has 3 rings (SSSR count). The van der Waals surface area contributed by atoms with Gasteiger partial charge in [0, 0.05) is 18.6 Å². The Morgan fingerprint density at radius 3 is 2.41 bits per heavy atom. The molecule has 0 fully saturated rings. The van der Waals surface area contributed by atoms with E-state index in [0.717, 1.165) is 10.8 Å². The molecular formula is C19H18ClN3O5S. The van der Waals surface area contributed by atoms with Crippen molar-refractivity contribution < 1.29 is 18.1 Å². The van der Waals surface area contributed by atoms with E-state index in [4.69, 9.17) is 0 Å². The van der Waals surface area contributed by atoms with Gasteiger partial charge in [0.25, 0.3) is 15.7 Å². The van der Waals surface area contributed by atoms with Crippen LogP contribution in [0.1, 0.15) is 12.0 Å². The van der Waals surface area contributed by atoms with Crippen LogP contribution < -0.4 is 10.3 Å². The van der Waals surface area contributed by atoms with E-state index in [1.54, 1.807) is 18.2 Å². The van der Waals surface area contributed by atoms with E-state index < -0.39 is 20.9 Å². The van der Waals surface area contributed by atoms with Crippen molar-refractivity contribution in [1.29, 1.82) is 0 Å². The predicted octanol–water partition coefficient (Wildman–Crippen LogP) is 3.11. The number of nitrogens with zero attached hydrogens (tertiary/aromatic N) is 1. The number of hydrazine groups is 1. The molecule has 0 heterocycles. The zero-order valence-electron chi connectivity index (χ0n) is 15.1. The number of hydrogen-bond acceptors (Lipinski definition) is 5. The standard InChI is InChI=1S/C19H17N3O5S.ClH/c23-19(11-8-14-4-3-7-17(12-14)22(24)25)20-21-28(26,27)18-10-9-15-5-1-2-6-16(15)13-18;/h1-7,9-10,12-13,21H,8,11H2,(H,20,23);1H. The first-order chi connectivity index (χ1) is 13.3. The summed E-state index contributed by atoms with van der Waals surface area (Å²) < 4.78 is 24.7. The second kappa shape index (κ2) is 9.46. The maximum absolute atomic E-state index is 12.4. The summed E-state index contributed by atoms with van der Waals surface area (Å²) in [7, 11) is -3.92. The van der Waals surface area contributed by atoms with Crippen LogP contribution in [-0.4, -0.2) is 19.2 Å². The Morgan fingerprint density at radius 2 is 1.69 bits per heavy atom. The summed E-state index contributed by atoms with van der Waals surface area (Å²) in [5, 5.41) is 12.4. The van der Waals surface area contributed by atoms with E-state index in [9.17, 15) is 23.3 Å². The molecule has 3 aromatic carbocycles. The van der Waals surface area contributed by atoms with Crippen LogP contribution in [0.4, 0.5) is 5.69 Å². The van der Waals surface area contributed by atoms with E-state index in [-0.39, 0.29) is 35.8 Å². The lowest BCUT2D eigenvalue weighted by atomic mass is 10.1. The molecule has 0 aliphatic carbocycles. The molecule has 0 spiro atoms. The maximum atomic E-state index is 12.4. The Morgan fingerprint density at radius 1 is 0.966 bits per heavy atom.